The molecule has 2 aromatic heterocycles. The Kier molecular flexibility index (Phi) is 15.5. The third-order valence-electron chi connectivity index (χ3n) is 12.8. The molecule has 0 saturated carbocycles. The van der Waals surface area contributed by atoms with E-state index in [1.807, 2.05) is 29.3 Å². The molecule has 3 atom stereocenters. The van der Waals surface area contributed by atoms with Crippen molar-refractivity contribution in [3.05, 3.63) is 73.0 Å². The minimum atomic E-state index is -1.30. The largest absolute Gasteiger partial charge is 0.469 e. The van der Waals surface area contributed by atoms with E-state index in [4.69, 9.17) is 24.2 Å². The van der Waals surface area contributed by atoms with Crippen LogP contribution in [-0.2, 0) is 42.9 Å². The van der Waals surface area contributed by atoms with Gasteiger partial charge in [-0.3, -0.25) is 29.0 Å². The van der Waals surface area contributed by atoms with E-state index in [0.717, 1.165) is 77.1 Å². The van der Waals surface area contributed by atoms with Crippen LogP contribution in [0.15, 0.2) is 38.6 Å². The van der Waals surface area contributed by atoms with E-state index >= 15 is 0 Å². The molecule has 0 saturated heterocycles. The van der Waals surface area contributed by atoms with Crippen molar-refractivity contribution in [3.8, 4) is 0 Å². The van der Waals surface area contributed by atoms with Crippen molar-refractivity contribution >= 4 is 77.0 Å². The van der Waals surface area contributed by atoms with E-state index < -0.39 is 48.2 Å². The van der Waals surface area contributed by atoms with Gasteiger partial charge in [-0.25, -0.2) is 24.7 Å². The van der Waals surface area contributed by atoms with E-state index in [-0.39, 0.29) is 43.2 Å². The number of allylic oxidation sites excluding steroid dienone is 4. The summed E-state index contributed by atoms with van der Waals surface area (Å²) in [7, 11) is 4.94. The van der Waals surface area contributed by atoms with Gasteiger partial charge < -0.3 is 29.6 Å². The summed E-state index contributed by atoms with van der Waals surface area (Å²) in [4.78, 5) is 89.5. The van der Waals surface area contributed by atoms with Crippen LogP contribution >= 0.6 is 0 Å². The maximum Gasteiger partial charge on any atom is 0.328 e. The van der Waals surface area contributed by atoms with Gasteiger partial charge in [-0.15, -0.1) is 0 Å². The first-order valence-electron chi connectivity index (χ1n) is 22.4. The third kappa shape index (κ3) is 9.75. The molecule has 0 fully saturated rings. The zero-order chi connectivity index (χ0) is 48.0. The molecule has 0 aromatic carbocycles. The number of fused-ring (bicyclic) bond motifs is 2. The highest BCUT2D eigenvalue weighted by Gasteiger charge is 2.38. The van der Waals surface area contributed by atoms with Crippen molar-refractivity contribution < 1.29 is 47.7 Å². The SMILES string of the molecule is CCCC/C=C/c1c(C)c2n3c1C=C1N=C(C=c4c(C)c(C(=O)NCCC(=O)N[C@@H](CC(=O)OC)C(=O)OC)c(n4N3)=C(CC(=O)OC)C3=NC(=C2)[C@@H](C)[C@@H]3CCC(=O)OC)C(CC)=C1C. The van der Waals surface area contributed by atoms with Gasteiger partial charge in [-0.2, -0.15) is 0 Å². The molecule has 4 aliphatic heterocycles. The van der Waals surface area contributed by atoms with E-state index in [9.17, 15) is 28.8 Å². The number of unbranched alkanes of at least 4 members (excludes halogenated alkanes) is 2. The lowest BCUT2D eigenvalue weighted by molar-refractivity contribution is -0.150. The van der Waals surface area contributed by atoms with Crippen LogP contribution in [0.3, 0.4) is 0 Å². The quantitative estimate of drug-likeness (QED) is 0.108. The third-order valence-corrected chi connectivity index (χ3v) is 12.8. The average molecular weight is 908 g/mol. The second kappa shape index (κ2) is 21.0. The number of amides is 2. The van der Waals surface area contributed by atoms with Gasteiger partial charge >= 0.3 is 23.9 Å². The summed E-state index contributed by atoms with van der Waals surface area (Å²) < 4.78 is 23.6. The number of rotatable bonds is 18. The van der Waals surface area contributed by atoms with Crippen LogP contribution in [0.5, 0.6) is 0 Å². The molecule has 2 aromatic rings. The van der Waals surface area contributed by atoms with E-state index in [1.165, 1.54) is 21.3 Å². The number of aliphatic imine (C=N–C) groups is 2. The monoisotopic (exact) mass is 907 g/mol. The van der Waals surface area contributed by atoms with Crippen molar-refractivity contribution in [1.82, 2.24) is 20.0 Å². The van der Waals surface area contributed by atoms with Gasteiger partial charge in [0.2, 0.25) is 5.91 Å². The highest BCUT2D eigenvalue weighted by atomic mass is 16.5. The van der Waals surface area contributed by atoms with E-state index in [1.54, 1.807) is 0 Å². The van der Waals surface area contributed by atoms with Crippen LogP contribution in [0.1, 0.15) is 124 Å². The lowest BCUT2D eigenvalue weighted by Crippen LogP contribution is -2.44. The van der Waals surface area contributed by atoms with Gasteiger partial charge in [-0.05, 0) is 80.5 Å². The van der Waals surface area contributed by atoms with Gasteiger partial charge in [0.1, 0.15) is 6.04 Å². The lowest BCUT2D eigenvalue weighted by atomic mass is 9.82. The standard InChI is InChI=1S/C49H61N7O10/c1-11-13-14-15-16-31-28(5)38-22-35-27(4)32(17-18-42(58)63-7)46(53-35)33(21-43(59)64-8)47-45(48(61)50-20-19-41(57)52-37(49(62)66-10)25-44(60)65-9)29(6)39-24-36-30(12-2)26(3)34(51-36)23-40(31)55(38)54-56(39)47/h15-16,22-24,27,32,37,54H,11-14,17-21,25H2,1-10H3,(H,50,61)(H,52,57)/b16-15+,34-23?,35-22?,36-24?,38-22?,39-24?,40-23?,46-33?,47-33?/t27-,32-,37-/m0/s1. The number of carbonyl (C=O) groups excluding carboxylic acids is 6. The molecule has 6 bridgehead atoms. The van der Waals surface area contributed by atoms with Crippen LogP contribution in [0.4, 0.5) is 0 Å². The van der Waals surface area contributed by atoms with Crippen LogP contribution in [-0.4, -0.2) is 97.5 Å². The summed E-state index contributed by atoms with van der Waals surface area (Å²) in [5, 5.41) is 6.31. The fourth-order valence-corrected chi connectivity index (χ4v) is 9.01. The molecule has 17 heteroatoms. The summed E-state index contributed by atoms with van der Waals surface area (Å²) in [6.45, 7) is 12.1. The first-order chi connectivity index (χ1) is 31.6. The summed E-state index contributed by atoms with van der Waals surface area (Å²) in [5.74, 6) is -4.34. The normalized spacial score (nSPS) is 17.4. The lowest BCUT2D eigenvalue weighted by Gasteiger charge is -2.21. The number of nitrogens with one attached hydrogen (secondary N) is 3. The van der Waals surface area contributed by atoms with Crippen LogP contribution in [0.25, 0.3) is 29.9 Å². The van der Waals surface area contributed by atoms with E-state index in [0.29, 0.717) is 40.4 Å². The van der Waals surface area contributed by atoms with Crippen molar-refractivity contribution in [2.75, 3.05) is 40.5 Å². The summed E-state index contributed by atoms with van der Waals surface area (Å²) >= 11 is 0. The molecule has 3 N–H and O–H groups in total. The van der Waals surface area contributed by atoms with Crippen LogP contribution < -0.4 is 26.9 Å². The summed E-state index contributed by atoms with van der Waals surface area (Å²) in [6.07, 6.45) is 13.5. The zero-order valence-electron chi connectivity index (χ0n) is 39.6. The second-order valence-electron chi connectivity index (χ2n) is 16.7. The number of methoxy groups -OCH3 is 4. The molecule has 0 unspecified atom stereocenters. The molecule has 0 radical (unpaired) electrons. The van der Waals surface area contributed by atoms with Gasteiger partial charge in [0.25, 0.3) is 5.91 Å². The number of carbonyl (C=O) groups is 6. The average Bonchev–Trinajstić information content (AvgIpc) is 3.95. The molecule has 6 heterocycles. The first-order valence-corrected chi connectivity index (χ1v) is 22.4. The maximum atomic E-state index is 15.0. The van der Waals surface area contributed by atoms with Crippen molar-refractivity contribution in [1.29, 1.82) is 0 Å². The van der Waals surface area contributed by atoms with Crippen LogP contribution in [0.2, 0.25) is 0 Å². The smallest absolute Gasteiger partial charge is 0.328 e. The first kappa shape index (κ1) is 48.7. The zero-order valence-corrected chi connectivity index (χ0v) is 39.6. The Hall–Kier alpha value is -6.78. The molecule has 0 spiro atoms. The minimum absolute atomic E-state index is 0.0810. The van der Waals surface area contributed by atoms with Gasteiger partial charge in [0.15, 0.2) is 0 Å². The number of nitrogens with zero attached hydrogens (tertiary/aromatic N) is 4. The maximum absolute atomic E-state index is 15.0. The van der Waals surface area contributed by atoms with Gasteiger partial charge in [-0.1, -0.05) is 45.8 Å². The van der Waals surface area contributed by atoms with Crippen molar-refractivity contribution in [3.63, 3.8) is 0 Å². The molecule has 66 heavy (non-hydrogen) atoms. The Morgan fingerprint density at radius 1 is 0.848 bits per heavy atom. The minimum Gasteiger partial charge on any atom is -0.469 e. The number of esters is 4. The Labute approximate surface area is 384 Å². The number of hydrogen-bond donors (Lipinski definition) is 3. The summed E-state index contributed by atoms with van der Waals surface area (Å²) in [6, 6.07) is -1.30. The fraction of sp³-hybridized carbons (Fsp3) is 0.469. The molecular formula is C49H61N7O10. The van der Waals surface area contributed by atoms with Gasteiger partial charge in [0, 0.05) is 48.1 Å². The number of aromatic nitrogens is 2. The topological polar surface area (TPSA) is 210 Å². The highest BCUT2D eigenvalue weighted by Crippen LogP contribution is 2.41. The Morgan fingerprint density at radius 3 is 2.24 bits per heavy atom. The molecule has 17 nitrogen and oxygen atoms in total. The second-order valence-corrected chi connectivity index (χ2v) is 16.7. The fourth-order valence-electron chi connectivity index (χ4n) is 9.01. The van der Waals surface area contributed by atoms with Gasteiger partial charge in [0.05, 0.1) is 86.1 Å². The number of hydrogen-bond acceptors (Lipinski definition) is 13. The molecule has 0 aliphatic carbocycles. The Bertz CT molecular complexity index is 2670. The predicted molar refractivity (Wildman–Crippen MR) is 251 cm³/mol. The van der Waals surface area contributed by atoms with E-state index in [2.05, 4.69) is 72.9 Å². The van der Waals surface area contributed by atoms with Crippen LogP contribution in [0, 0.1) is 25.7 Å². The molecule has 6 rings (SSSR count). The Balaban J connectivity index is 1.64. The predicted octanol–water partition coefficient (Wildman–Crippen LogP) is 4.50. The molecular weight excluding hydrogens is 847 g/mol. The Morgan fingerprint density at radius 2 is 1.58 bits per heavy atom. The molecule has 352 valence electrons. The number of ether oxygens (including phenoxy) is 4. The van der Waals surface area contributed by atoms with Crippen molar-refractivity contribution in [2.24, 2.45) is 21.8 Å². The highest BCUT2D eigenvalue weighted by molar-refractivity contribution is 6.25. The summed E-state index contributed by atoms with van der Waals surface area (Å²) in [5.41, 5.74) is 13.2. The molecule has 4 aliphatic rings. The van der Waals surface area contributed by atoms with Crippen molar-refractivity contribution in [2.45, 2.75) is 105 Å². The molecule has 2 amide bonds.